The lowest BCUT2D eigenvalue weighted by Crippen LogP contribution is -2.39. The predicted octanol–water partition coefficient (Wildman–Crippen LogP) is 1.81. The lowest BCUT2D eigenvalue weighted by molar-refractivity contribution is -0.0897. The Hall–Kier alpha value is -1.16. The summed E-state index contributed by atoms with van der Waals surface area (Å²) in [6.45, 7) is 7.53. The molecule has 2 N–H and O–H groups in total. The smallest absolute Gasteiger partial charge is 0.106 e. The molecule has 16 heavy (non-hydrogen) atoms. The number of benzene rings is 1. The van der Waals surface area contributed by atoms with E-state index in [0.29, 0.717) is 6.54 Å². The minimum Gasteiger partial charge on any atom is -0.379 e. The molecule has 0 radical (unpaired) electrons. The standard InChI is InChI=1S/C13H19NO2/c1-4-12-7-5-6-8-13(12)9-14(10(2)15)11(3)16/h4-8,10-11,15-16H,1,9H2,2-3H3. The first-order chi connectivity index (χ1) is 7.56. The molecule has 1 aromatic carbocycles. The Labute approximate surface area is 96.6 Å². The molecule has 3 heteroatoms. The van der Waals surface area contributed by atoms with E-state index in [1.807, 2.05) is 24.3 Å². The van der Waals surface area contributed by atoms with Crippen LogP contribution in [0.5, 0.6) is 0 Å². The predicted molar refractivity (Wildman–Crippen MR) is 65.4 cm³/mol. The lowest BCUT2D eigenvalue weighted by atomic mass is 10.1. The third kappa shape index (κ3) is 3.17. The maximum Gasteiger partial charge on any atom is 0.106 e. The van der Waals surface area contributed by atoms with Crippen LogP contribution in [0.3, 0.4) is 0 Å². The van der Waals surface area contributed by atoms with Crippen molar-refractivity contribution in [2.75, 3.05) is 0 Å². The van der Waals surface area contributed by atoms with Crippen LogP contribution in [0, 0.1) is 0 Å². The lowest BCUT2D eigenvalue weighted by Gasteiger charge is -2.28. The molecule has 0 saturated carbocycles. The number of nitrogens with zero attached hydrogens (tertiary/aromatic N) is 1. The van der Waals surface area contributed by atoms with Crippen LogP contribution in [-0.2, 0) is 6.54 Å². The number of hydrogen-bond donors (Lipinski definition) is 2. The van der Waals surface area contributed by atoms with Crippen molar-refractivity contribution in [2.45, 2.75) is 32.8 Å². The maximum absolute atomic E-state index is 9.55. The molecule has 2 atom stereocenters. The van der Waals surface area contributed by atoms with E-state index < -0.39 is 12.5 Å². The van der Waals surface area contributed by atoms with Crippen molar-refractivity contribution in [1.82, 2.24) is 4.90 Å². The summed E-state index contributed by atoms with van der Waals surface area (Å²) in [4.78, 5) is 1.60. The summed E-state index contributed by atoms with van der Waals surface area (Å²) in [6, 6.07) is 7.81. The second-order valence-corrected chi connectivity index (χ2v) is 3.84. The van der Waals surface area contributed by atoms with Crippen LogP contribution in [0.1, 0.15) is 25.0 Å². The molecule has 3 nitrogen and oxygen atoms in total. The first-order valence-corrected chi connectivity index (χ1v) is 5.38. The third-order valence-corrected chi connectivity index (χ3v) is 2.59. The summed E-state index contributed by atoms with van der Waals surface area (Å²) in [7, 11) is 0. The highest BCUT2D eigenvalue weighted by Gasteiger charge is 2.17. The van der Waals surface area contributed by atoms with E-state index in [2.05, 4.69) is 6.58 Å². The van der Waals surface area contributed by atoms with Crippen molar-refractivity contribution < 1.29 is 10.2 Å². The SMILES string of the molecule is C=Cc1ccccc1CN(C(C)O)C(C)O. The first kappa shape index (κ1) is 12.9. The third-order valence-electron chi connectivity index (χ3n) is 2.59. The Bertz CT molecular complexity index is 340. The zero-order chi connectivity index (χ0) is 12.1. The summed E-state index contributed by atoms with van der Waals surface area (Å²) in [6.07, 6.45) is 0.410. The van der Waals surface area contributed by atoms with Gasteiger partial charge >= 0.3 is 0 Å². The molecule has 1 rings (SSSR count). The molecule has 0 aliphatic heterocycles. The Kier molecular flexibility index (Phi) is 4.68. The molecule has 0 saturated heterocycles. The van der Waals surface area contributed by atoms with Crippen molar-refractivity contribution >= 4 is 6.08 Å². The van der Waals surface area contributed by atoms with E-state index in [1.54, 1.807) is 24.8 Å². The van der Waals surface area contributed by atoms with E-state index in [1.165, 1.54) is 0 Å². The van der Waals surface area contributed by atoms with Gasteiger partial charge in [-0.1, -0.05) is 36.9 Å². The Morgan fingerprint density at radius 3 is 2.31 bits per heavy atom. The molecule has 0 aromatic heterocycles. The number of rotatable bonds is 5. The Morgan fingerprint density at radius 2 is 1.81 bits per heavy atom. The van der Waals surface area contributed by atoms with Crippen LogP contribution in [0.2, 0.25) is 0 Å². The van der Waals surface area contributed by atoms with Gasteiger partial charge in [-0.15, -0.1) is 0 Å². The average Bonchev–Trinajstić information content (AvgIpc) is 2.25. The van der Waals surface area contributed by atoms with Gasteiger partial charge in [-0.3, -0.25) is 0 Å². The van der Waals surface area contributed by atoms with Crippen LogP contribution < -0.4 is 0 Å². The van der Waals surface area contributed by atoms with Crippen molar-refractivity contribution in [2.24, 2.45) is 0 Å². The highest BCUT2D eigenvalue weighted by Crippen LogP contribution is 2.15. The van der Waals surface area contributed by atoms with Crippen LogP contribution in [0.25, 0.3) is 6.08 Å². The molecule has 0 bridgehead atoms. The molecule has 88 valence electrons. The molecule has 0 amide bonds. The monoisotopic (exact) mass is 221 g/mol. The quantitative estimate of drug-likeness (QED) is 0.745. The Balaban J connectivity index is 2.89. The fourth-order valence-corrected chi connectivity index (χ4v) is 1.65. The second-order valence-electron chi connectivity index (χ2n) is 3.84. The van der Waals surface area contributed by atoms with Gasteiger partial charge in [-0.2, -0.15) is 0 Å². The van der Waals surface area contributed by atoms with Gasteiger partial charge in [0.25, 0.3) is 0 Å². The molecular weight excluding hydrogens is 202 g/mol. The first-order valence-electron chi connectivity index (χ1n) is 5.38. The number of aliphatic hydroxyl groups excluding tert-OH is 2. The molecule has 0 aliphatic carbocycles. The maximum atomic E-state index is 9.55. The van der Waals surface area contributed by atoms with Crippen LogP contribution >= 0.6 is 0 Å². The summed E-state index contributed by atoms with van der Waals surface area (Å²) in [5.41, 5.74) is 2.06. The van der Waals surface area contributed by atoms with Gasteiger partial charge in [0.1, 0.15) is 12.5 Å². The topological polar surface area (TPSA) is 43.7 Å². The van der Waals surface area contributed by atoms with Crippen molar-refractivity contribution in [1.29, 1.82) is 0 Å². The van der Waals surface area contributed by atoms with E-state index in [9.17, 15) is 10.2 Å². The fourth-order valence-electron chi connectivity index (χ4n) is 1.65. The molecule has 0 heterocycles. The van der Waals surface area contributed by atoms with Crippen molar-refractivity contribution in [3.63, 3.8) is 0 Å². The number of hydrogen-bond acceptors (Lipinski definition) is 3. The van der Waals surface area contributed by atoms with E-state index in [0.717, 1.165) is 11.1 Å². The Morgan fingerprint density at radius 1 is 1.25 bits per heavy atom. The van der Waals surface area contributed by atoms with Gasteiger partial charge in [0.2, 0.25) is 0 Å². The molecule has 2 unspecified atom stereocenters. The fraction of sp³-hybridized carbons (Fsp3) is 0.385. The van der Waals surface area contributed by atoms with Gasteiger partial charge in [0.05, 0.1) is 0 Å². The second kappa shape index (κ2) is 5.80. The van der Waals surface area contributed by atoms with E-state index >= 15 is 0 Å². The van der Waals surface area contributed by atoms with Crippen molar-refractivity contribution in [3.8, 4) is 0 Å². The van der Waals surface area contributed by atoms with Crippen LogP contribution in [0.15, 0.2) is 30.8 Å². The summed E-state index contributed by atoms with van der Waals surface area (Å²) < 4.78 is 0. The molecule has 0 fully saturated rings. The van der Waals surface area contributed by atoms with Gasteiger partial charge in [-0.05, 0) is 25.0 Å². The molecule has 0 spiro atoms. The summed E-state index contributed by atoms with van der Waals surface area (Å²) in [5, 5.41) is 19.1. The summed E-state index contributed by atoms with van der Waals surface area (Å²) in [5.74, 6) is 0. The summed E-state index contributed by atoms with van der Waals surface area (Å²) >= 11 is 0. The number of aliphatic hydroxyl groups is 2. The van der Waals surface area contributed by atoms with E-state index in [4.69, 9.17) is 0 Å². The average molecular weight is 221 g/mol. The largest absolute Gasteiger partial charge is 0.379 e. The zero-order valence-electron chi connectivity index (χ0n) is 9.80. The normalized spacial score (nSPS) is 14.8. The van der Waals surface area contributed by atoms with E-state index in [-0.39, 0.29) is 0 Å². The minimum atomic E-state index is -0.683. The molecule has 0 aliphatic rings. The van der Waals surface area contributed by atoms with Crippen LogP contribution in [0.4, 0.5) is 0 Å². The van der Waals surface area contributed by atoms with Gasteiger partial charge < -0.3 is 10.2 Å². The molecule has 1 aromatic rings. The zero-order valence-corrected chi connectivity index (χ0v) is 9.80. The van der Waals surface area contributed by atoms with Gasteiger partial charge in [0.15, 0.2) is 0 Å². The van der Waals surface area contributed by atoms with Crippen molar-refractivity contribution in [3.05, 3.63) is 42.0 Å². The molecular formula is C13H19NO2. The highest BCUT2D eigenvalue weighted by molar-refractivity contribution is 5.51. The minimum absolute atomic E-state index is 0.498. The highest BCUT2D eigenvalue weighted by atomic mass is 16.3. The van der Waals surface area contributed by atoms with Crippen LogP contribution in [-0.4, -0.2) is 27.6 Å². The van der Waals surface area contributed by atoms with Gasteiger partial charge in [0, 0.05) is 6.54 Å². The van der Waals surface area contributed by atoms with Gasteiger partial charge in [-0.25, -0.2) is 4.90 Å².